The first-order valence-corrected chi connectivity index (χ1v) is 7.41. The Hall–Kier alpha value is -1.72. The zero-order chi connectivity index (χ0) is 15.4. The summed E-state index contributed by atoms with van der Waals surface area (Å²) in [5, 5.41) is 4.32. The second-order valence-electron chi connectivity index (χ2n) is 5.98. The van der Waals surface area contributed by atoms with Gasteiger partial charge in [0.25, 0.3) is 0 Å². The van der Waals surface area contributed by atoms with Crippen molar-refractivity contribution in [3.8, 4) is 0 Å². The molecule has 3 N–H and O–H groups in total. The number of benzene rings is 1. The van der Waals surface area contributed by atoms with E-state index in [1.165, 1.54) is 16.7 Å². The van der Waals surface area contributed by atoms with Crippen molar-refractivity contribution in [2.45, 2.75) is 46.7 Å². The van der Waals surface area contributed by atoms with Crippen LogP contribution < -0.4 is 11.3 Å². The maximum absolute atomic E-state index is 5.80. The highest BCUT2D eigenvalue weighted by molar-refractivity contribution is 5.36. The summed E-state index contributed by atoms with van der Waals surface area (Å²) in [5.74, 6) is 7.31. The van der Waals surface area contributed by atoms with Crippen molar-refractivity contribution in [3.05, 3.63) is 47.0 Å². The molecule has 2 aromatic rings. The van der Waals surface area contributed by atoms with E-state index in [1.54, 1.807) is 6.33 Å². The number of hydrogen-bond donors (Lipinski definition) is 2. The molecular formula is C16H25N5. The maximum Gasteiger partial charge on any atom is 0.138 e. The van der Waals surface area contributed by atoms with Gasteiger partial charge in [0.15, 0.2) is 0 Å². The van der Waals surface area contributed by atoms with E-state index in [-0.39, 0.29) is 6.04 Å². The Morgan fingerprint density at radius 3 is 2.48 bits per heavy atom. The predicted molar refractivity (Wildman–Crippen MR) is 84.5 cm³/mol. The zero-order valence-corrected chi connectivity index (χ0v) is 13.3. The molecule has 5 nitrogen and oxygen atoms in total. The van der Waals surface area contributed by atoms with E-state index in [0.29, 0.717) is 5.92 Å². The third-order valence-electron chi connectivity index (χ3n) is 3.71. The smallest absolute Gasteiger partial charge is 0.138 e. The molecule has 1 atom stereocenters. The number of aromatic nitrogens is 3. The molecule has 1 aromatic carbocycles. The summed E-state index contributed by atoms with van der Waals surface area (Å²) in [5.41, 5.74) is 6.67. The van der Waals surface area contributed by atoms with Crippen LogP contribution in [0.5, 0.6) is 0 Å². The third-order valence-corrected chi connectivity index (χ3v) is 3.71. The Balaban J connectivity index is 2.26. The van der Waals surface area contributed by atoms with Gasteiger partial charge in [-0.2, -0.15) is 5.10 Å². The summed E-state index contributed by atoms with van der Waals surface area (Å²) < 4.78 is 1.97. The molecule has 0 bridgehead atoms. The Bertz CT molecular complexity index is 568. The third kappa shape index (κ3) is 3.68. The van der Waals surface area contributed by atoms with Crippen molar-refractivity contribution < 1.29 is 0 Å². The van der Waals surface area contributed by atoms with Gasteiger partial charge in [-0.3, -0.25) is 11.3 Å². The van der Waals surface area contributed by atoms with Crippen molar-refractivity contribution in [1.29, 1.82) is 0 Å². The van der Waals surface area contributed by atoms with Crippen LogP contribution in [-0.2, 0) is 13.0 Å². The van der Waals surface area contributed by atoms with Crippen LogP contribution >= 0.6 is 0 Å². The molecule has 0 amide bonds. The SMILES string of the molecule is Cc1cccc(C)c1C(Cc1ncnn1CC(C)C)NN. The Morgan fingerprint density at radius 2 is 1.90 bits per heavy atom. The minimum Gasteiger partial charge on any atom is -0.271 e. The van der Waals surface area contributed by atoms with Crippen molar-refractivity contribution in [3.63, 3.8) is 0 Å². The van der Waals surface area contributed by atoms with E-state index >= 15 is 0 Å². The van der Waals surface area contributed by atoms with Gasteiger partial charge >= 0.3 is 0 Å². The quantitative estimate of drug-likeness (QED) is 0.632. The van der Waals surface area contributed by atoms with Crippen LogP contribution in [0.4, 0.5) is 0 Å². The van der Waals surface area contributed by atoms with Crippen molar-refractivity contribution in [2.24, 2.45) is 11.8 Å². The van der Waals surface area contributed by atoms with Gasteiger partial charge in [0.2, 0.25) is 0 Å². The van der Waals surface area contributed by atoms with Gasteiger partial charge in [0.05, 0.1) is 6.04 Å². The number of hydrogen-bond acceptors (Lipinski definition) is 4. The van der Waals surface area contributed by atoms with E-state index in [0.717, 1.165) is 18.8 Å². The summed E-state index contributed by atoms with van der Waals surface area (Å²) in [6, 6.07) is 6.35. The molecule has 0 saturated heterocycles. The molecule has 21 heavy (non-hydrogen) atoms. The highest BCUT2D eigenvalue weighted by Gasteiger charge is 2.18. The fraction of sp³-hybridized carbons (Fsp3) is 0.500. The summed E-state index contributed by atoms with van der Waals surface area (Å²) in [4.78, 5) is 4.40. The number of nitrogens with one attached hydrogen (secondary N) is 1. The number of nitrogens with two attached hydrogens (primary N) is 1. The van der Waals surface area contributed by atoms with Crippen LogP contribution in [0.3, 0.4) is 0 Å². The molecule has 2 rings (SSSR count). The molecule has 1 aromatic heterocycles. The average molecular weight is 287 g/mol. The largest absolute Gasteiger partial charge is 0.271 e. The van der Waals surface area contributed by atoms with E-state index < -0.39 is 0 Å². The molecule has 1 heterocycles. The first-order chi connectivity index (χ1) is 10.0. The summed E-state index contributed by atoms with van der Waals surface area (Å²) in [6.45, 7) is 9.46. The number of nitrogens with zero attached hydrogens (tertiary/aromatic N) is 3. The lowest BCUT2D eigenvalue weighted by atomic mass is 9.94. The van der Waals surface area contributed by atoms with Crippen molar-refractivity contribution >= 4 is 0 Å². The minimum absolute atomic E-state index is 0.0429. The minimum atomic E-state index is 0.0429. The molecule has 0 fully saturated rings. The van der Waals surface area contributed by atoms with Crippen LogP contribution in [0, 0.1) is 19.8 Å². The molecule has 0 saturated carbocycles. The Morgan fingerprint density at radius 1 is 1.24 bits per heavy atom. The molecule has 5 heteroatoms. The number of rotatable bonds is 6. The van der Waals surface area contributed by atoms with E-state index in [9.17, 15) is 0 Å². The fourth-order valence-corrected chi connectivity index (χ4v) is 2.75. The maximum atomic E-state index is 5.80. The van der Waals surface area contributed by atoms with Crippen LogP contribution in [0.2, 0.25) is 0 Å². The van der Waals surface area contributed by atoms with Crippen molar-refractivity contribution in [2.75, 3.05) is 0 Å². The topological polar surface area (TPSA) is 68.8 Å². The average Bonchev–Trinajstić information content (AvgIpc) is 2.83. The number of hydrazine groups is 1. The molecule has 0 aliphatic rings. The monoisotopic (exact) mass is 287 g/mol. The molecule has 0 aliphatic carbocycles. The second kappa shape index (κ2) is 6.83. The van der Waals surface area contributed by atoms with Crippen LogP contribution in [0.1, 0.15) is 42.4 Å². The van der Waals surface area contributed by atoms with Gasteiger partial charge < -0.3 is 0 Å². The van der Waals surface area contributed by atoms with Gasteiger partial charge in [-0.25, -0.2) is 9.67 Å². The van der Waals surface area contributed by atoms with E-state index in [2.05, 4.69) is 61.4 Å². The lowest BCUT2D eigenvalue weighted by Crippen LogP contribution is -2.31. The molecular weight excluding hydrogens is 262 g/mol. The summed E-state index contributed by atoms with van der Waals surface area (Å²) in [6.07, 6.45) is 2.35. The Labute approximate surface area is 126 Å². The van der Waals surface area contributed by atoms with Gasteiger partial charge in [-0.05, 0) is 36.5 Å². The van der Waals surface area contributed by atoms with Gasteiger partial charge in [-0.1, -0.05) is 32.0 Å². The molecule has 0 aliphatic heterocycles. The second-order valence-corrected chi connectivity index (χ2v) is 5.98. The zero-order valence-electron chi connectivity index (χ0n) is 13.3. The lowest BCUT2D eigenvalue weighted by molar-refractivity contribution is 0.446. The molecule has 1 unspecified atom stereocenters. The Kier molecular flexibility index (Phi) is 5.09. The van der Waals surface area contributed by atoms with E-state index in [4.69, 9.17) is 5.84 Å². The van der Waals surface area contributed by atoms with Crippen LogP contribution in [0.25, 0.3) is 0 Å². The van der Waals surface area contributed by atoms with Crippen LogP contribution in [0.15, 0.2) is 24.5 Å². The normalized spacial score (nSPS) is 12.9. The van der Waals surface area contributed by atoms with Gasteiger partial charge in [0.1, 0.15) is 12.2 Å². The summed E-state index contributed by atoms with van der Waals surface area (Å²) >= 11 is 0. The summed E-state index contributed by atoms with van der Waals surface area (Å²) in [7, 11) is 0. The molecule has 114 valence electrons. The van der Waals surface area contributed by atoms with Crippen LogP contribution in [-0.4, -0.2) is 14.8 Å². The lowest BCUT2D eigenvalue weighted by Gasteiger charge is -2.21. The predicted octanol–water partition coefficient (Wildman–Crippen LogP) is 2.30. The standard InChI is InChI=1S/C16H25N5/c1-11(2)9-21-15(18-10-19-21)8-14(20-17)16-12(3)6-5-7-13(16)4/h5-7,10-11,14,20H,8-9,17H2,1-4H3. The molecule has 0 spiro atoms. The highest BCUT2D eigenvalue weighted by atomic mass is 15.3. The van der Waals surface area contributed by atoms with Gasteiger partial charge in [0, 0.05) is 13.0 Å². The van der Waals surface area contributed by atoms with E-state index in [1.807, 2.05) is 4.68 Å². The molecule has 0 radical (unpaired) electrons. The van der Waals surface area contributed by atoms with Gasteiger partial charge in [-0.15, -0.1) is 0 Å². The highest BCUT2D eigenvalue weighted by Crippen LogP contribution is 2.24. The fourth-order valence-electron chi connectivity index (χ4n) is 2.75. The number of aryl methyl sites for hydroxylation is 2. The first kappa shape index (κ1) is 15.7. The van der Waals surface area contributed by atoms with Crippen molar-refractivity contribution in [1.82, 2.24) is 20.2 Å². The first-order valence-electron chi connectivity index (χ1n) is 7.41.